The maximum Gasteiger partial charge on any atom is 0.409 e. The lowest BCUT2D eigenvalue weighted by molar-refractivity contribution is 0.0829. The van der Waals surface area contributed by atoms with Crippen molar-refractivity contribution in [2.75, 3.05) is 25.5 Å². The van der Waals surface area contributed by atoms with Crippen LogP contribution in [0.4, 0.5) is 15.3 Å². The lowest BCUT2D eigenvalue weighted by atomic mass is 10.1. The number of hydrogen-bond donors (Lipinski definition) is 2. The number of carbonyl (C=O) groups is 2. The molecule has 0 unspecified atom stereocenters. The van der Waals surface area contributed by atoms with Crippen molar-refractivity contribution in [1.82, 2.24) is 15.2 Å². The molecule has 24 heavy (non-hydrogen) atoms. The van der Waals surface area contributed by atoms with Crippen LogP contribution in [-0.4, -0.2) is 48.2 Å². The zero-order valence-electron chi connectivity index (χ0n) is 13.2. The van der Waals surface area contributed by atoms with Gasteiger partial charge in [-0.05, 0) is 23.8 Å². The summed E-state index contributed by atoms with van der Waals surface area (Å²) in [4.78, 5) is 29.0. The number of nitrogens with one attached hydrogen (secondary N) is 2. The Kier molecular flexibility index (Phi) is 4.60. The normalized spacial score (nSPS) is 13.8. The van der Waals surface area contributed by atoms with Gasteiger partial charge in [0.15, 0.2) is 0 Å². The summed E-state index contributed by atoms with van der Waals surface area (Å²) in [5, 5.41) is 5.70. The van der Waals surface area contributed by atoms with E-state index in [1.165, 1.54) is 12.0 Å². The van der Waals surface area contributed by atoms with Crippen LogP contribution in [-0.2, 0) is 4.74 Å². The monoisotopic (exact) mass is 326 g/mol. The first-order chi connectivity index (χ1) is 11.7. The Morgan fingerprint density at radius 3 is 2.58 bits per heavy atom. The molecule has 1 aromatic heterocycles. The van der Waals surface area contributed by atoms with Crippen molar-refractivity contribution < 1.29 is 14.3 Å². The van der Waals surface area contributed by atoms with E-state index in [0.29, 0.717) is 18.8 Å². The second-order valence-corrected chi connectivity index (χ2v) is 5.45. The summed E-state index contributed by atoms with van der Waals surface area (Å²) in [5.41, 5.74) is 2.60. The topological polar surface area (TPSA) is 83.6 Å². The molecule has 1 fully saturated rings. The van der Waals surface area contributed by atoms with E-state index in [0.717, 1.165) is 11.1 Å². The van der Waals surface area contributed by atoms with E-state index < -0.39 is 0 Å². The summed E-state index contributed by atoms with van der Waals surface area (Å²) in [6.45, 7) is 0.901. The van der Waals surface area contributed by atoms with Crippen LogP contribution in [0.2, 0.25) is 0 Å². The third-order valence-electron chi connectivity index (χ3n) is 3.82. The second-order valence-electron chi connectivity index (χ2n) is 5.45. The highest BCUT2D eigenvalue weighted by Gasteiger charge is 2.32. The van der Waals surface area contributed by atoms with Gasteiger partial charge in [0.05, 0.1) is 18.8 Å². The Balaban J connectivity index is 1.61. The molecule has 0 atom stereocenters. The number of amides is 3. The molecule has 1 saturated heterocycles. The summed E-state index contributed by atoms with van der Waals surface area (Å²) in [5.74, 6) is 0. The van der Waals surface area contributed by atoms with Gasteiger partial charge < -0.3 is 20.3 Å². The smallest absolute Gasteiger partial charge is 0.409 e. The van der Waals surface area contributed by atoms with Gasteiger partial charge in [-0.15, -0.1) is 0 Å². The van der Waals surface area contributed by atoms with Gasteiger partial charge in [-0.25, -0.2) is 9.59 Å². The van der Waals surface area contributed by atoms with E-state index in [1.807, 2.05) is 36.4 Å². The Morgan fingerprint density at radius 2 is 1.88 bits per heavy atom. The highest BCUT2D eigenvalue weighted by Crippen LogP contribution is 2.27. The number of methoxy groups -OCH3 is 1. The molecule has 2 N–H and O–H groups in total. The molecular formula is C17H18N4O3. The average molecular weight is 326 g/mol. The number of carbonyl (C=O) groups excluding carboxylic acids is 2. The Bertz CT molecular complexity index is 730. The third kappa shape index (κ3) is 3.45. The first-order valence-electron chi connectivity index (χ1n) is 7.57. The van der Waals surface area contributed by atoms with Gasteiger partial charge in [0.25, 0.3) is 0 Å². The minimum atomic E-state index is -0.378. The predicted octanol–water partition coefficient (Wildman–Crippen LogP) is 2.32. The van der Waals surface area contributed by atoms with E-state index in [-0.39, 0.29) is 18.2 Å². The quantitative estimate of drug-likeness (QED) is 0.907. The molecular weight excluding hydrogens is 308 g/mol. The van der Waals surface area contributed by atoms with Crippen LogP contribution in [0.3, 0.4) is 0 Å². The molecule has 0 aliphatic carbocycles. The van der Waals surface area contributed by atoms with E-state index in [1.54, 1.807) is 12.4 Å². The van der Waals surface area contributed by atoms with E-state index in [2.05, 4.69) is 20.4 Å². The fourth-order valence-corrected chi connectivity index (χ4v) is 2.57. The van der Waals surface area contributed by atoms with Gasteiger partial charge in [0.1, 0.15) is 0 Å². The number of pyridine rings is 1. The Morgan fingerprint density at radius 1 is 1.17 bits per heavy atom. The van der Waals surface area contributed by atoms with Gasteiger partial charge in [-0.1, -0.05) is 18.2 Å². The summed E-state index contributed by atoms with van der Waals surface area (Å²) in [6, 6.07) is 11.0. The molecule has 0 saturated carbocycles. The number of anilines is 1. The van der Waals surface area contributed by atoms with Gasteiger partial charge in [0, 0.05) is 31.0 Å². The van der Waals surface area contributed by atoms with Crippen molar-refractivity contribution in [3.8, 4) is 11.1 Å². The maximum absolute atomic E-state index is 12.2. The van der Waals surface area contributed by atoms with Crippen LogP contribution in [0.25, 0.3) is 11.1 Å². The molecule has 1 aliphatic heterocycles. The van der Waals surface area contributed by atoms with Gasteiger partial charge in [-0.3, -0.25) is 4.98 Å². The Labute approximate surface area is 139 Å². The van der Waals surface area contributed by atoms with Gasteiger partial charge >= 0.3 is 12.1 Å². The molecule has 0 spiro atoms. The highest BCUT2D eigenvalue weighted by atomic mass is 16.5. The van der Waals surface area contributed by atoms with Crippen LogP contribution in [0.15, 0.2) is 48.8 Å². The van der Waals surface area contributed by atoms with Crippen molar-refractivity contribution in [1.29, 1.82) is 0 Å². The number of urea groups is 1. The summed E-state index contributed by atoms with van der Waals surface area (Å²) < 4.78 is 4.62. The predicted molar refractivity (Wildman–Crippen MR) is 89.6 cm³/mol. The first-order valence-corrected chi connectivity index (χ1v) is 7.57. The molecule has 3 amide bonds. The largest absolute Gasteiger partial charge is 0.453 e. The lowest BCUT2D eigenvalue weighted by Gasteiger charge is -2.38. The minimum absolute atomic E-state index is 0.0720. The van der Waals surface area contributed by atoms with E-state index in [9.17, 15) is 9.59 Å². The third-order valence-corrected chi connectivity index (χ3v) is 3.82. The number of rotatable bonds is 3. The summed E-state index contributed by atoms with van der Waals surface area (Å²) >= 11 is 0. The maximum atomic E-state index is 12.2. The molecule has 2 aromatic rings. The molecule has 3 rings (SSSR count). The number of hydrogen-bond acceptors (Lipinski definition) is 4. The van der Waals surface area contributed by atoms with Crippen LogP contribution in [0.1, 0.15) is 0 Å². The van der Waals surface area contributed by atoms with Crippen LogP contribution < -0.4 is 10.6 Å². The van der Waals surface area contributed by atoms with Gasteiger partial charge in [0.2, 0.25) is 0 Å². The number of ether oxygens (including phenoxy) is 1. The lowest BCUT2D eigenvalue weighted by Crippen LogP contribution is -2.61. The number of likely N-dealkylation sites (tertiary alicyclic amines) is 1. The molecule has 0 bridgehead atoms. The minimum Gasteiger partial charge on any atom is -0.453 e. The molecule has 0 radical (unpaired) electrons. The highest BCUT2D eigenvalue weighted by molar-refractivity contribution is 5.94. The number of para-hydroxylation sites is 1. The molecule has 7 heteroatoms. The molecule has 124 valence electrons. The second kappa shape index (κ2) is 6.99. The zero-order chi connectivity index (χ0) is 16.9. The molecule has 1 aromatic carbocycles. The van der Waals surface area contributed by atoms with Crippen molar-refractivity contribution in [3.05, 3.63) is 48.8 Å². The van der Waals surface area contributed by atoms with Crippen molar-refractivity contribution >= 4 is 17.8 Å². The van der Waals surface area contributed by atoms with Crippen LogP contribution in [0, 0.1) is 0 Å². The molecule has 1 aliphatic rings. The van der Waals surface area contributed by atoms with E-state index in [4.69, 9.17) is 0 Å². The summed E-state index contributed by atoms with van der Waals surface area (Å²) in [7, 11) is 1.34. The Hall–Kier alpha value is -3.09. The summed E-state index contributed by atoms with van der Waals surface area (Å²) in [6.07, 6.45) is 3.04. The van der Waals surface area contributed by atoms with Crippen molar-refractivity contribution in [2.45, 2.75) is 6.04 Å². The number of benzene rings is 1. The van der Waals surface area contributed by atoms with Crippen molar-refractivity contribution in [2.24, 2.45) is 0 Å². The molecule has 7 nitrogen and oxygen atoms in total. The number of nitrogens with zero attached hydrogens (tertiary/aromatic N) is 2. The van der Waals surface area contributed by atoms with Gasteiger partial charge in [-0.2, -0.15) is 0 Å². The SMILES string of the molecule is COC(=O)N1CC(NC(=O)Nc2ccccc2-c2ccncc2)C1. The van der Waals surface area contributed by atoms with Crippen LogP contribution >= 0.6 is 0 Å². The zero-order valence-corrected chi connectivity index (χ0v) is 13.2. The van der Waals surface area contributed by atoms with Crippen LogP contribution in [0.5, 0.6) is 0 Å². The standard InChI is InChI=1S/C17H18N4O3/c1-24-17(23)21-10-13(11-21)19-16(22)20-15-5-3-2-4-14(15)12-6-8-18-9-7-12/h2-9,13H,10-11H2,1H3,(H2,19,20,22). The average Bonchev–Trinajstić information content (AvgIpc) is 2.58. The number of aromatic nitrogens is 1. The fourth-order valence-electron chi connectivity index (χ4n) is 2.57. The van der Waals surface area contributed by atoms with Crippen molar-refractivity contribution in [3.63, 3.8) is 0 Å². The fraction of sp³-hybridized carbons (Fsp3) is 0.235. The van der Waals surface area contributed by atoms with E-state index >= 15 is 0 Å². The first kappa shape index (κ1) is 15.8. The molecule has 2 heterocycles.